The topological polar surface area (TPSA) is 86.0 Å². The van der Waals surface area contributed by atoms with Crippen molar-refractivity contribution >= 4 is 45.0 Å². The van der Waals surface area contributed by atoms with Gasteiger partial charge < -0.3 is 0 Å². The van der Waals surface area contributed by atoms with Gasteiger partial charge in [0.1, 0.15) is 4.83 Å². The Morgan fingerprint density at radius 3 is 2.70 bits per heavy atom. The quantitative estimate of drug-likeness (QED) is 0.175. The highest BCUT2D eigenvalue weighted by molar-refractivity contribution is 7.99. The van der Waals surface area contributed by atoms with Gasteiger partial charge in [0.2, 0.25) is 0 Å². The molecule has 0 radical (unpaired) electrons. The van der Waals surface area contributed by atoms with Gasteiger partial charge in [0.05, 0.1) is 11.1 Å². The number of carbonyl (C=O) groups excluding carboxylic acids is 2. The second-order valence-electron chi connectivity index (χ2n) is 7.38. The largest absolute Gasteiger partial charge is 0.293 e. The standard InChI is InChI=1S/C24H22N4O3S2/c1-4-11-27-23(31)18-10-12-32-22(18)25-24(27)33-14-20(29)19-13-15(2)28(16(19)3)26-21(30)17-8-6-5-7-9-17/h4-10,12-13H,1,11,14H2,2-3H3,(H,26,30). The van der Waals surface area contributed by atoms with Crippen LogP contribution < -0.4 is 11.0 Å². The smallest absolute Gasteiger partial charge is 0.270 e. The molecule has 1 aromatic carbocycles. The number of allylic oxidation sites excluding steroid dienone is 1. The van der Waals surface area contributed by atoms with Gasteiger partial charge in [-0.05, 0) is 43.5 Å². The highest BCUT2D eigenvalue weighted by Crippen LogP contribution is 2.23. The molecule has 0 aliphatic carbocycles. The van der Waals surface area contributed by atoms with Crippen LogP contribution in [0.4, 0.5) is 0 Å². The van der Waals surface area contributed by atoms with E-state index in [1.54, 1.807) is 54.1 Å². The van der Waals surface area contributed by atoms with Gasteiger partial charge in [-0.15, -0.1) is 17.9 Å². The zero-order valence-electron chi connectivity index (χ0n) is 18.2. The van der Waals surface area contributed by atoms with E-state index in [1.807, 2.05) is 18.4 Å². The van der Waals surface area contributed by atoms with Crippen LogP contribution in [0.5, 0.6) is 0 Å². The van der Waals surface area contributed by atoms with E-state index in [2.05, 4.69) is 17.0 Å². The SMILES string of the molecule is C=CCn1c(SCC(=O)c2cc(C)n(NC(=O)c3ccccc3)c2C)nc2sccc2c1=O. The first-order valence-electron chi connectivity index (χ1n) is 10.2. The fraction of sp³-hybridized carbons (Fsp3) is 0.167. The number of nitrogens with zero attached hydrogens (tertiary/aromatic N) is 3. The number of aryl methyl sites for hydroxylation is 1. The third-order valence-electron chi connectivity index (χ3n) is 5.17. The molecular formula is C24H22N4O3S2. The molecule has 3 heterocycles. The summed E-state index contributed by atoms with van der Waals surface area (Å²) in [4.78, 5) is 43.6. The van der Waals surface area contributed by atoms with E-state index in [4.69, 9.17) is 0 Å². The summed E-state index contributed by atoms with van der Waals surface area (Å²) in [6.45, 7) is 7.65. The van der Waals surface area contributed by atoms with Crippen molar-refractivity contribution in [1.29, 1.82) is 0 Å². The van der Waals surface area contributed by atoms with E-state index in [-0.39, 0.29) is 23.0 Å². The molecule has 0 atom stereocenters. The minimum atomic E-state index is -0.257. The Balaban J connectivity index is 1.55. The molecule has 3 aromatic heterocycles. The average Bonchev–Trinajstić information content (AvgIpc) is 3.40. The number of ketones is 1. The lowest BCUT2D eigenvalue weighted by Gasteiger charge is -2.12. The zero-order valence-corrected chi connectivity index (χ0v) is 19.8. The minimum Gasteiger partial charge on any atom is -0.293 e. The number of fused-ring (bicyclic) bond motifs is 1. The van der Waals surface area contributed by atoms with Crippen LogP contribution in [0.25, 0.3) is 10.2 Å². The molecule has 168 valence electrons. The second-order valence-corrected chi connectivity index (χ2v) is 9.21. The van der Waals surface area contributed by atoms with Crippen molar-refractivity contribution in [1.82, 2.24) is 14.2 Å². The monoisotopic (exact) mass is 478 g/mol. The number of thioether (sulfide) groups is 1. The molecular weight excluding hydrogens is 456 g/mol. The Morgan fingerprint density at radius 1 is 1.21 bits per heavy atom. The number of benzene rings is 1. The number of rotatable bonds is 8. The van der Waals surface area contributed by atoms with Crippen LogP contribution >= 0.6 is 23.1 Å². The first-order valence-corrected chi connectivity index (χ1v) is 12.1. The van der Waals surface area contributed by atoms with Crippen molar-refractivity contribution in [3.05, 3.63) is 93.4 Å². The van der Waals surface area contributed by atoms with Crippen molar-refractivity contribution in [2.24, 2.45) is 0 Å². The van der Waals surface area contributed by atoms with E-state index >= 15 is 0 Å². The first-order chi connectivity index (χ1) is 15.9. The molecule has 0 saturated carbocycles. The third-order valence-corrected chi connectivity index (χ3v) is 6.96. The van der Waals surface area contributed by atoms with E-state index in [0.29, 0.717) is 38.7 Å². The van der Waals surface area contributed by atoms with Crippen LogP contribution in [0.2, 0.25) is 0 Å². The summed E-state index contributed by atoms with van der Waals surface area (Å²) in [5, 5.41) is 2.87. The van der Waals surface area contributed by atoms with Gasteiger partial charge in [0.25, 0.3) is 11.5 Å². The number of hydrogen-bond donors (Lipinski definition) is 1. The fourth-order valence-electron chi connectivity index (χ4n) is 3.51. The molecule has 0 aliphatic heterocycles. The highest BCUT2D eigenvalue weighted by atomic mass is 32.2. The molecule has 33 heavy (non-hydrogen) atoms. The van der Waals surface area contributed by atoms with Crippen molar-refractivity contribution in [3.8, 4) is 0 Å². The maximum atomic E-state index is 13.0. The van der Waals surface area contributed by atoms with Crippen molar-refractivity contribution in [2.45, 2.75) is 25.5 Å². The van der Waals surface area contributed by atoms with Crippen LogP contribution in [0.1, 0.15) is 32.1 Å². The van der Waals surface area contributed by atoms with Gasteiger partial charge in [-0.2, -0.15) is 0 Å². The molecule has 1 amide bonds. The number of aromatic nitrogens is 3. The Hall–Kier alpha value is -3.43. The van der Waals surface area contributed by atoms with Crippen LogP contribution in [0.15, 0.2) is 70.5 Å². The van der Waals surface area contributed by atoms with Gasteiger partial charge in [-0.25, -0.2) is 4.98 Å². The Labute approximate surface area is 198 Å². The molecule has 0 unspecified atom stereocenters. The van der Waals surface area contributed by atoms with Crippen LogP contribution in [0.3, 0.4) is 0 Å². The number of amides is 1. The zero-order chi connectivity index (χ0) is 23.5. The third kappa shape index (κ3) is 4.55. The van der Waals surface area contributed by atoms with E-state index < -0.39 is 0 Å². The van der Waals surface area contributed by atoms with Gasteiger partial charge in [-0.1, -0.05) is 36.0 Å². The summed E-state index contributed by atoms with van der Waals surface area (Å²) < 4.78 is 3.15. The maximum absolute atomic E-state index is 13.0. The highest BCUT2D eigenvalue weighted by Gasteiger charge is 2.19. The predicted molar refractivity (Wildman–Crippen MR) is 133 cm³/mol. The fourth-order valence-corrected chi connectivity index (χ4v) is 5.21. The number of carbonyl (C=O) groups is 2. The molecule has 0 aliphatic rings. The lowest BCUT2D eigenvalue weighted by Crippen LogP contribution is -2.25. The summed E-state index contributed by atoms with van der Waals surface area (Å²) in [7, 11) is 0. The summed E-state index contributed by atoms with van der Waals surface area (Å²) in [5.74, 6) is -0.260. The average molecular weight is 479 g/mol. The lowest BCUT2D eigenvalue weighted by molar-refractivity contribution is 0.0999. The number of hydrogen-bond acceptors (Lipinski definition) is 6. The van der Waals surface area contributed by atoms with E-state index in [1.165, 1.54) is 27.7 Å². The summed E-state index contributed by atoms with van der Waals surface area (Å²) >= 11 is 2.61. The molecule has 9 heteroatoms. The van der Waals surface area contributed by atoms with E-state index in [0.717, 1.165) is 5.69 Å². The number of thiophene rings is 1. The molecule has 0 fully saturated rings. The van der Waals surface area contributed by atoms with Crippen molar-refractivity contribution < 1.29 is 9.59 Å². The molecule has 7 nitrogen and oxygen atoms in total. The maximum Gasteiger partial charge on any atom is 0.270 e. The first kappa shape index (κ1) is 22.8. The molecule has 4 aromatic rings. The van der Waals surface area contributed by atoms with Gasteiger partial charge in [-0.3, -0.25) is 29.1 Å². The molecule has 1 N–H and O–H groups in total. The number of Topliss-reactive ketones (excluding diaryl/α,β-unsaturated/α-hetero) is 1. The Bertz CT molecular complexity index is 1420. The predicted octanol–water partition coefficient (Wildman–Crippen LogP) is 4.42. The van der Waals surface area contributed by atoms with Gasteiger partial charge in [0.15, 0.2) is 10.9 Å². The summed E-state index contributed by atoms with van der Waals surface area (Å²) in [5.41, 5.74) is 5.14. The van der Waals surface area contributed by atoms with Crippen molar-refractivity contribution in [2.75, 3.05) is 11.2 Å². The van der Waals surface area contributed by atoms with Crippen LogP contribution in [-0.4, -0.2) is 31.7 Å². The van der Waals surface area contributed by atoms with Gasteiger partial charge in [0, 0.05) is 29.1 Å². The molecule has 0 saturated heterocycles. The summed E-state index contributed by atoms with van der Waals surface area (Å²) in [6.07, 6.45) is 1.64. The van der Waals surface area contributed by atoms with Crippen molar-refractivity contribution in [3.63, 3.8) is 0 Å². The Morgan fingerprint density at radius 2 is 1.97 bits per heavy atom. The Kier molecular flexibility index (Phi) is 6.62. The second kappa shape index (κ2) is 9.60. The van der Waals surface area contributed by atoms with Gasteiger partial charge >= 0.3 is 0 Å². The van der Waals surface area contributed by atoms with E-state index in [9.17, 15) is 14.4 Å². The number of nitrogens with one attached hydrogen (secondary N) is 1. The van der Waals surface area contributed by atoms with Crippen LogP contribution in [0, 0.1) is 13.8 Å². The molecule has 4 rings (SSSR count). The lowest BCUT2D eigenvalue weighted by atomic mass is 10.2. The molecule has 0 spiro atoms. The summed E-state index contributed by atoms with van der Waals surface area (Å²) in [6, 6.07) is 12.4. The normalized spacial score (nSPS) is 11.0. The van der Waals surface area contributed by atoms with Crippen LogP contribution in [-0.2, 0) is 6.54 Å². The minimum absolute atomic E-state index is 0.109. The molecule has 0 bridgehead atoms.